The second kappa shape index (κ2) is 10.4. The van der Waals surface area contributed by atoms with E-state index in [0.717, 1.165) is 18.8 Å². The van der Waals surface area contributed by atoms with E-state index in [2.05, 4.69) is 22.3 Å². The number of amides is 1. The van der Waals surface area contributed by atoms with Gasteiger partial charge in [0.05, 0.1) is 25.7 Å². The molecule has 0 radical (unpaired) electrons. The van der Waals surface area contributed by atoms with Crippen molar-refractivity contribution in [1.82, 2.24) is 10.2 Å². The Hall–Kier alpha value is -1.63. The van der Waals surface area contributed by atoms with E-state index < -0.39 is 0 Å². The van der Waals surface area contributed by atoms with Crippen molar-refractivity contribution in [2.45, 2.75) is 37.8 Å². The fourth-order valence-corrected chi connectivity index (χ4v) is 3.27. The van der Waals surface area contributed by atoms with Crippen LogP contribution in [0.25, 0.3) is 0 Å². The molecular formula is C19H31N3O3. The van der Waals surface area contributed by atoms with Crippen LogP contribution in [0.15, 0.2) is 24.3 Å². The van der Waals surface area contributed by atoms with E-state index in [4.69, 9.17) is 15.2 Å². The Balaban J connectivity index is 2.02. The molecule has 1 aliphatic rings. The lowest BCUT2D eigenvalue weighted by Gasteiger charge is -2.35. The van der Waals surface area contributed by atoms with Crippen molar-refractivity contribution in [1.29, 1.82) is 0 Å². The zero-order chi connectivity index (χ0) is 18.1. The lowest BCUT2D eigenvalue weighted by atomic mass is 10.0. The highest BCUT2D eigenvalue weighted by Gasteiger charge is 2.23. The first kappa shape index (κ1) is 19.7. The number of carbonyl (C=O) groups excluding carboxylic acids is 1. The minimum atomic E-state index is -0.227. The second-order valence-corrected chi connectivity index (χ2v) is 6.49. The maximum Gasteiger partial charge on any atom is 0.222 e. The van der Waals surface area contributed by atoms with Gasteiger partial charge in [-0.2, -0.15) is 0 Å². The Bertz CT molecular complexity index is 511. The zero-order valence-corrected chi connectivity index (χ0v) is 15.4. The average molecular weight is 349 g/mol. The molecule has 3 N–H and O–H groups in total. The largest absolute Gasteiger partial charge is 0.497 e. The Labute approximate surface area is 150 Å². The Kier molecular flexibility index (Phi) is 8.18. The molecule has 0 aromatic heterocycles. The maximum atomic E-state index is 12.2. The molecule has 2 unspecified atom stereocenters. The second-order valence-electron chi connectivity index (χ2n) is 6.49. The number of benzene rings is 1. The summed E-state index contributed by atoms with van der Waals surface area (Å²) in [4.78, 5) is 14.7. The van der Waals surface area contributed by atoms with Crippen LogP contribution in [0.3, 0.4) is 0 Å². The number of rotatable bonds is 9. The van der Waals surface area contributed by atoms with E-state index in [1.165, 1.54) is 24.8 Å². The monoisotopic (exact) mass is 349 g/mol. The summed E-state index contributed by atoms with van der Waals surface area (Å²) in [6, 6.07) is 8.30. The van der Waals surface area contributed by atoms with E-state index in [9.17, 15) is 4.79 Å². The predicted molar refractivity (Wildman–Crippen MR) is 98.6 cm³/mol. The lowest BCUT2D eigenvalue weighted by molar-refractivity contribution is -0.123. The molecule has 0 saturated carbocycles. The van der Waals surface area contributed by atoms with Gasteiger partial charge in [-0.3, -0.25) is 9.69 Å². The maximum absolute atomic E-state index is 12.2. The highest BCUT2D eigenvalue weighted by molar-refractivity contribution is 5.76. The standard InChI is InChI=1S/C19H31N3O3/c1-24-16-8-6-15(7-9-16)18(22-10-4-3-5-11-22)14-21-19(23)12-17(13-20)25-2/h6-9,17-18H,3-5,10-14,20H2,1-2H3,(H,21,23). The van der Waals surface area contributed by atoms with E-state index in [1.807, 2.05) is 12.1 Å². The predicted octanol–water partition coefficient (Wildman–Crippen LogP) is 1.70. The van der Waals surface area contributed by atoms with Gasteiger partial charge in [0, 0.05) is 20.2 Å². The van der Waals surface area contributed by atoms with Crippen LogP contribution in [0.4, 0.5) is 0 Å². The number of nitrogens with zero attached hydrogens (tertiary/aromatic N) is 1. The molecule has 1 heterocycles. The van der Waals surface area contributed by atoms with Crippen molar-refractivity contribution < 1.29 is 14.3 Å². The third kappa shape index (κ3) is 5.99. The van der Waals surface area contributed by atoms with Crippen LogP contribution in [0.5, 0.6) is 5.75 Å². The average Bonchev–Trinajstić information content (AvgIpc) is 2.67. The number of piperidine rings is 1. The zero-order valence-electron chi connectivity index (χ0n) is 15.4. The van der Waals surface area contributed by atoms with Crippen LogP contribution in [0.2, 0.25) is 0 Å². The fourth-order valence-electron chi connectivity index (χ4n) is 3.27. The van der Waals surface area contributed by atoms with Gasteiger partial charge in [0.2, 0.25) is 5.91 Å². The molecule has 1 aromatic rings. The van der Waals surface area contributed by atoms with Crippen molar-refractivity contribution >= 4 is 5.91 Å². The summed E-state index contributed by atoms with van der Waals surface area (Å²) >= 11 is 0. The van der Waals surface area contributed by atoms with Crippen molar-refractivity contribution in [2.24, 2.45) is 5.73 Å². The third-order valence-corrected chi connectivity index (χ3v) is 4.83. The van der Waals surface area contributed by atoms with Crippen molar-refractivity contribution in [2.75, 3.05) is 40.4 Å². The van der Waals surface area contributed by atoms with Gasteiger partial charge in [0.15, 0.2) is 0 Å². The number of hydrogen-bond donors (Lipinski definition) is 2. The number of nitrogens with two attached hydrogens (primary N) is 1. The van der Waals surface area contributed by atoms with Gasteiger partial charge >= 0.3 is 0 Å². The molecule has 1 amide bonds. The summed E-state index contributed by atoms with van der Waals surface area (Å²) in [7, 11) is 3.25. The Morgan fingerprint density at radius 1 is 1.20 bits per heavy atom. The summed E-state index contributed by atoms with van der Waals surface area (Å²) in [5.74, 6) is 0.823. The van der Waals surface area contributed by atoms with Crippen LogP contribution in [0, 0.1) is 0 Å². The topological polar surface area (TPSA) is 76.8 Å². The van der Waals surface area contributed by atoms with Crippen LogP contribution < -0.4 is 15.8 Å². The van der Waals surface area contributed by atoms with Crippen molar-refractivity contribution in [3.05, 3.63) is 29.8 Å². The summed E-state index contributed by atoms with van der Waals surface area (Å²) in [5.41, 5.74) is 6.80. The van der Waals surface area contributed by atoms with Gasteiger partial charge in [0.25, 0.3) is 0 Å². The molecular weight excluding hydrogens is 318 g/mol. The minimum Gasteiger partial charge on any atom is -0.497 e. The third-order valence-electron chi connectivity index (χ3n) is 4.83. The molecule has 1 fully saturated rings. The van der Waals surface area contributed by atoms with Gasteiger partial charge in [-0.05, 0) is 43.6 Å². The molecule has 0 bridgehead atoms. The smallest absolute Gasteiger partial charge is 0.222 e. The van der Waals surface area contributed by atoms with E-state index in [0.29, 0.717) is 19.5 Å². The van der Waals surface area contributed by atoms with Crippen LogP contribution >= 0.6 is 0 Å². The summed E-state index contributed by atoms with van der Waals surface area (Å²) in [6.07, 6.45) is 3.76. The molecule has 2 atom stereocenters. The number of methoxy groups -OCH3 is 2. The molecule has 1 aromatic carbocycles. The number of likely N-dealkylation sites (tertiary alicyclic amines) is 1. The van der Waals surface area contributed by atoms with Gasteiger partial charge in [-0.15, -0.1) is 0 Å². The van der Waals surface area contributed by atoms with E-state index >= 15 is 0 Å². The van der Waals surface area contributed by atoms with Crippen LogP contribution in [-0.4, -0.2) is 57.3 Å². The fraction of sp³-hybridized carbons (Fsp3) is 0.632. The molecule has 0 aliphatic carbocycles. The van der Waals surface area contributed by atoms with Gasteiger partial charge in [-0.25, -0.2) is 0 Å². The number of nitrogens with one attached hydrogen (secondary N) is 1. The van der Waals surface area contributed by atoms with E-state index in [1.54, 1.807) is 14.2 Å². The molecule has 140 valence electrons. The first-order valence-corrected chi connectivity index (χ1v) is 9.05. The molecule has 0 spiro atoms. The molecule has 1 saturated heterocycles. The van der Waals surface area contributed by atoms with Crippen molar-refractivity contribution in [3.8, 4) is 5.75 Å². The van der Waals surface area contributed by atoms with E-state index in [-0.39, 0.29) is 18.1 Å². The van der Waals surface area contributed by atoms with Crippen molar-refractivity contribution in [3.63, 3.8) is 0 Å². The van der Waals surface area contributed by atoms with Gasteiger partial charge in [-0.1, -0.05) is 18.6 Å². The minimum absolute atomic E-state index is 0.0205. The number of hydrogen-bond acceptors (Lipinski definition) is 5. The summed E-state index contributed by atoms with van der Waals surface area (Å²) < 4.78 is 10.4. The summed E-state index contributed by atoms with van der Waals surface area (Å²) in [5, 5.41) is 3.06. The highest BCUT2D eigenvalue weighted by atomic mass is 16.5. The quantitative estimate of drug-likeness (QED) is 0.710. The first-order valence-electron chi connectivity index (χ1n) is 9.05. The molecule has 2 rings (SSSR count). The number of carbonyl (C=O) groups is 1. The van der Waals surface area contributed by atoms with Gasteiger partial charge < -0.3 is 20.5 Å². The van der Waals surface area contributed by atoms with Crippen LogP contribution in [-0.2, 0) is 9.53 Å². The highest BCUT2D eigenvalue weighted by Crippen LogP contribution is 2.25. The molecule has 1 aliphatic heterocycles. The summed E-state index contributed by atoms with van der Waals surface area (Å²) in [6.45, 7) is 3.07. The molecule has 25 heavy (non-hydrogen) atoms. The number of ether oxygens (including phenoxy) is 2. The SMILES string of the molecule is COc1ccc(C(CNC(=O)CC(CN)OC)N2CCCCC2)cc1. The normalized spacial score (nSPS) is 17.7. The van der Waals surface area contributed by atoms with Crippen LogP contribution in [0.1, 0.15) is 37.3 Å². The Morgan fingerprint density at radius 3 is 2.44 bits per heavy atom. The Morgan fingerprint density at radius 2 is 1.88 bits per heavy atom. The molecule has 6 heteroatoms. The molecule has 6 nitrogen and oxygen atoms in total. The lowest BCUT2D eigenvalue weighted by Crippen LogP contribution is -2.41. The van der Waals surface area contributed by atoms with Gasteiger partial charge in [0.1, 0.15) is 5.75 Å². The first-order chi connectivity index (χ1) is 12.2.